The summed E-state index contributed by atoms with van der Waals surface area (Å²) >= 11 is 0. The lowest BCUT2D eigenvalue weighted by Gasteiger charge is -2.08. The molecule has 0 radical (unpaired) electrons. The molecular formula is C6H8O5. The fraction of sp³-hybridized carbons (Fsp3) is 1.00. The topological polar surface area (TPSA) is 46.2 Å². The zero-order chi connectivity index (χ0) is 7.26. The number of rotatable bonds is 0. The molecule has 0 amide bonds. The monoisotopic (exact) mass is 160 g/mol. The normalized spacial score (nSPS) is 54.5. The van der Waals surface area contributed by atoms with Crippen LogP contribution in [0.2, 0.25) is 0 Å². The van der Waals surface area contributed by atoms with Gasteiger partial charge in [-0.05, 0) is 0 Å². The fourth-order valence-corrected chi connectivity index (χ4v) is 1.58. The summed E-state index contributed by atoms with van der Waals surface area (Å²) < 4.78 is 26.0. The molecule has 0 aromatic heterocycles. The van der Waals surface area contributed by atoms with Crippen molar-refractivity contribution in [2.24, 2.45) is 0 Å². The molecule has 0 unspecified atom stereocenters. The summed E-state index contributed by atoms with van der Waals surface area (Å²) in [5, 5.41) is 0. The van der Waals surface area contributed by atoms with Crippen LogP contribution in [0.1, 0.15) is 0 Å². The molecule has 0 aliphatic carbocycles. The van der Waals surface area contributed by atoms with Crippen molar-refractivity contribution in [3.05, 3.63) is 0 Å². The van der Waals surface area contributed by atoms with E-state index in [9.17, 15) is 0 Å². The van der Waals surface area contributed by atoms with Crippen molar-refractivity contribution in [1.29, 1.82) is 0 Å². The Bertz CT molecular complexity index is 154. The van der Waals surface area contributed by atoms with E-state index in [-0.39, 0.29) is 24.8 Å². The summed E-state index contributed by atoms with van der Waals surface area (Å²) in [6, 6.07) is 0. The highest BCUT2D eigenvalue weighted by atomic mass is 16.9. The van der Waals surface area contributed by atoms with Crippen LogP contribution < -0.4 is 0 Å². The molecule has 0 N–H and O–H groups in total. The molecule has 4 atom stereocenters. The summed E-state index contributed by atoms with van der Waals surface area (Å²) in [5.41, 5.74) is 0. The van der Waals surface area contributed by atoms with Crippen LogP contribution in [0.15, 0.2) is 0 Å². The average Bonchev–Trinajstić information content (AvgIpc) is 2.52. The number of ether oxygens (including phenoxy) is 5. The smallest absolute Gasteiger partial charge is 0.192 e. The maximum absolute atomic E-state index is 5.31. The van der Waals surface area contributed by atoms with Crippen molar-refractivity contribution in [1.82, 2.24) is 0 Å². The van der Waals surface area contributed by atoms with Gasteiger partial charge in [0.25, 0.3) is 0 Å². The van der Waals surface area contributed by atoms with Crippen LogP contribution in [-0.2, 0) is 23.7 Å². The Kier molecular flexibility index (Phi) is 1.24. The van der Waals surface area contributed by atoms with Gasteiger partial charge < -0.3 is 23.7 Å². The molecule has 0 aromatic carbocycles. The van der Waals surface area contributed by atoms with Crippen LogP contribution in [0.3, 0.4) is 0 Å². The van der Waals surface area contributed by atoms with E-state index in [0.29, 0.717) is 13.6 Å². The molecule has 0 saturated carbocycles. The van der Waals surface area contributed by atoms with E-state index >= 15 is 0 Å². The van der Waals surface area contributed by atoms with Gasteiger partial charge in [0.1, 0.15) is 12.2 Å². The Morgan fingerprint density at radius 2 is 1.27 bits per heavy atom. The Morgan fingerprint density at radius 3 is 1.82 bits per heavy atom. The van der Waals surface area contributed by atoms with E-state index in [0.717, 1.165) is 0 Å². The number of fused-ring (bicyclic) bond motifs is 3. The third kappa shape index (κ3) is 0.771. The highest BCUT2D eigenvalue weighted by Gasteiger charge is 2.53. The predicted molar refractivity (Wildman–Crippen MR) is 30.3 cm³/mol. The van der Waals surface area contributed by atoms with Crippen LogP contribution >= 0.6 is 0 Å². The van der Waals surface area contributed by atoms with Crippen molar-refractivity contribution in [3.8, 4) is 0 Å². The molecule has 3 saturated heterocycles. The highest BCUT2D eigenvalue weighted by molar-refractivity contribution is 4.88. The van der Waals surface area contributed by atoms with E-state index in [1.165, 1.54) is 0 Å². The first-order valence-corrected chi connectivity index (χ1v) is 3.57. The number of hydrogen-bond donors (Lipinski definition) is 0. The molecule has 5 nitrogen and oxygen atoms in total. The van der Waals surface area contributed by atoms with Gasteiger partial charge in [0, 0.05) is 0 Å². The standard InChI is InChI=1S/C6H8O5/c1-7-3-4-6(10-2-8-4)11-5(3)9-1/h3-6H,1-2H2/t3-,4-,5+,6+/m1/s1. The van der Waals surface area contributed by atoms with Gasteiger partial charge in [-0.1, -0.05) is 0 Å². The van der Waals surface area contributed by atoms with Crippen molar-refractivity contribution >= 4 is 0 Å². The fourth-order valence-electron chi connectivity index (χ4n) is 1.58. The SMILES string of the molecule is C1O[C@H]2O[C@@H]3OCO[C@@H]3[C@H]2O1. The van der Waals surface area contributed by atoms with E-state index in [1.807, 2.05) is 0 Å². The molecule has 0 aromatic rings. The average molecular weight is 160 g/mol. The summed E-state index contributed by atoms with van der Waals surface area (Å²) in [7, 11) is 0. The summed E-state index contributed by atoms with van der Waals surface area (Å²) in [5.74, 6) is 0. The Labute approximate surface area is 63.1 Å². The summed E-state index contributed by atoms with van der Waals surface area (Å²) in [6.45, 7) is 0.587. The summed E-state index contributed by atoms with van der Waals surface area (Å²) in [6.07, 6.45) is -0.763. The van der Waals surface area contributed by atoms with Crippen molar-refractivity contribution < 1.29 is 23.7 Å². The minimum Gasteiger partial charge on any atom is -0.344 e. The van der Waals surface area contributed by atoms with Crippen LogP contribution in [-0.4, -0.2) is 38.4 Å². The maximum atomic E-state index is 5.31. The minimum atomic E-state index is -0.287. The van der Waals surface area contributed by atoms with Crippen molar-refractivity contribution in [2.45, 2.75) is 24.8 Å². The largest absolute Gasteiger partial charge is 0.344 e. The molecule has 62 valence electrons. The van der Waals surface area contributed by atoms with Crippen LogP contribution in [0.5, 0.6) is 0 Å². The van der Waals surface area contributed by atoms with E-state index in [1.54, 1.807) is 0 Å². The molecular weight excluding hydrogens is 152 g/mol. The van der Waals surface area contributed by atoms with Gasteiger partial charge in [0.2, 0.25) is 0 Å². The second-order valence-corrected chi connectivity index (χ2v) is 2.70. The van der Waals surface area contributed by atoms with Gasteiger partial charge in [-0.15, -0.1) is 0 Å². The lowest BCUT2D eigenvalue weighted by Crippen LogP contribution is -2.29. The van der Waals surface area contributed by atoms with Crippen LogP contribution in [0.4, 0.5) is 0 Å². The molecule has 3 aliphatic rings. The lowest BCUT2D eigenvalue weighted by molar-refractivity contribution is -0.187. The Morgan fingerprint density at radius 1 is 0.727 bits per heavy atom. The molecule has 3 rings (SSSR count). The molecule has 5 heteroatoms. The highest BCUT2D eigenvalue weighted by Crippen LogP contribution is 2.34. The third-order valence-electron chi connectivity index (χ3n) is 2.11. The maximum Gasteiger partial charge on any atom is 0.192 e. The van der Waals surface area contributed by atoms with Gasteiger partial charge in [-0.3, -0.25) is 0 Å². The van der Waals surface area contributed by atoms with Crippen molar-refractivity contribution in [3.63, 3.8) is 0 Å². The first-order valence-electron chi connectivity index (χ1n) is 3.57. The first-order chi connectivity index (χ1) is 5.45. The molecule has 3 aliphatic heterocycles. The second-order valence-electron chi connectivity index (χ2n) is 2.70. The van der Waals surface area contributed by atoms with Crippen molar-refractivity contribution in [2.75, 3.05) is 13.6 Å². The van der Waals surface area contributed by atoms with Crippen LogP contribution in [0, 0.1) is 0 Å². The molecule has 3 heterocycles. The van der Waals surface area contributed by atoms with E-state index < -0.39 is 0 Å². The lowest BCUT2D eigenvalue weighted by atomic mass is 10.2. The summed E-state index contributed by atoms with van der Waals surface area (Å²) in [4.78, 5) is 0. The van der Waals surface area contributed by atoms with Crippen LogP contribution in [0.25, 0.3) is 0 Å². The van der Waals surface area contributed by atoms with E-state index in [4.69, 9.17) is 23.7 Å². The van der Waals surface area contributed by atoms with Gasteiger partial charge in [-0.25, -0.2) is 0 Å². The zero-order valence-corrected chi connectivity index (χ0v) is 5.76. The first kappa shape index (κ1) is 6.33. The zero-order valence-electron chi connectivity index (χ0n) is 5.76. The van der Waals surface area contributed by atoms with Gasteiger partial charge in [-0.2, -0.15) is 0 Å². The molecule has 11 heavy (non-hydrogen) atoms. The second kappa shape index (κ2) is 2.15. The minimum absolute atomic E-state index is 0.0949. The molecule has 3 fully saturated rings. The van der Waals surface area contributed by atoms with Gasteiger partial charge >= 0.3 is 0 Å². The molecule has 0 bridgehead atoms. The Balaban J connectivity index is 1.84. The third-order valence-corrected chi connectivity index (χ3v) is 2.11. The number of hydrogen-bond acceptors (Lipinski definition) is 5. The predicted octanol–water partition coefficient (Wildman–Crippen LogP) is -0.585. The quantitative estimate of drug-likeness (QED) is 0.474. The Hall–Kier alpha value is -0.200. The van der Waals surface area contributed by atoms with Gasteiger partial charge in [0.05, 0.1) is 0 Å². The van der Waals surface area contributed by atoms with Gasteiger partial charge in [0.15, 0.2) is 26.2 Å². The molecule has 0 spiro atoms. The van der Waals surface area contributed by atoms with E-state index in [2.05, 4.69) is 0 Å².